The summed E-state index contributed by atoms with van der Waals surface area (Å²) in [6, 6.07) is 14.7. The van der Waals surface area contributed by atoms with Crippen LogP contribution in [0, 0.1) is 0 Å². The van der Waals surface area contributed by atoms with Crippen molar-refractivity contribution in [1.82, 2.24) is 10.2 Å². The largest absolute Gasteiger partial charge is 0.508 e. The van der Waals surface area contributed by atoms with E-state index in [0.717, 1.165) is 30.6 Å². The van der Waals surface area contributed by atoms with Crippen molar-refractivity contribution in [2.24, 2.45) is 0 Å². The van der Waals surface area contributed by atoms with E-state index in [-0.39, 0.29) is 17.7 Å². The van der Waals surface area contributed by atoms with Crippen LogP contribution in [-0.4, -0.2) is 35.5 Å². The van der Waals surface area contributed by atoms with Crippen molar-refractivity contribution >= 4 is 23.1 Å². The van der Waals surface area contributed by atoms with Crippen LogP contribution in [0.5, 0.6) is 5.75 Å². The summed E-state index contributed by atoms with van der Waals surface area (Å²) in [7, 11) is 0. The lowest BCUT2D eigenvalue weighted by Crippen LogP contribution is -2.40. The summed E-state index contributed by atoms with van der Waals surface area (Å²) in [6.45, 7) is 3.95. The fourth-order valence-corrected chi connectivity index (χ4v) is 3.24. The standard InChI is InChI=1S/C21H23ClN2O2/c1-15(16-2-6-19(22)7-3-16)23-21(26)14-24-12-10-18(11-13-24)17-4-8-20(25)9-5-17/h2-10,15,25H,11-14H2,1H3,(H,23,26). The Morgan fingerprint density at radius 3 is 2.50 bits per heavy atom. The number of nitrogens with zero attached hydrogens (tertiary/aromatic N) is 1. The van der Waals surface area contributed by atoms with Gasteiger partial charge in [-0.15, -0.1) is 0 Å². The molecule has 0 bridgehead atoms. The first-order chi connectivity index (χ1) is 12.5. The Hall–Kier alpha value is -2.30. The van der Waals surface area contributed by atoms with Gasteiger partial charge in [-0.3, -0.25) is 9.69 Å². The van der Waals surface area contributed by atoms with Crippen LogP contribution < -0.4 is 5.32 Å². The zero-order valence-corrected chi connectivity index (χ0v) is 15.5. The van der Waals surface area contributed by atoms with Gasteiger partial charge in [-0.1, -0.05) is 41.9 Å². The first-order valence-electron chi connectivity index (χ1n) is 8.77. The molecule has 0 fully saturated rings. The molecule has 1 amide bonds. The summed E-state index contributed by atoms with van der Waals surface area (Å²) in [5.74, 6) is 0.298. The predicted molar refractivity (Wildman–Crippen MR) is 105 cm³/mol. The van der Waals surface area contributed by atoms with Crippen LogP contribution in [0.3, 0.4) is 0 Å². The zero-order valence-electron chi connectivity index (χ0n) is 14.8. The van der Waals surface area contributed by atoms with Crippen molar-refractivity contribution < 1.29 is 9.90 Å². The number of hydrogen-bond donors (Lipinski definition) is 2. The molecule has 1 aliphatic rings. The molecule has 1 unspecified atom stereocenters. The van der Waals surface area contributed by atoms with Gasteiger partial charge in [0.05, 0.1) is 12.6 Å². The van der Waals surface area contributed by atoms with E-state index in [9.17, 15) is 9.90 Å². The molecular weight excluding hydrogens is 348 g/mol. The van der Waals surface area contributed by atoms with E-state index in [1.165, 1.54) is 5.57 Å². The fourth-order valence-electron chi connectivity index (χ4n) is 3.12. The number of phenols is 1. The Labute approximate surface area is 159 Å². The van der Waals surface area contributed by atoms with Gasteiger partial charge in [0, 0.05) is 18.1 Å². The minimum absolute atomic E-state index is 0.0222. The van der Waals surface area contributed by atoms with E-state index in [1.54, 1.807) is 12.1 Å². The molecule has 0 radical (unpaired) electrons. The SMILES string of the molecule is CC(NC(=O)CN1CC=C(c2ccc(O)cc2)CC1)c1ccc(Cl)cc1. The highest BCUT2D eigenvalue weighted by atomic mass is 35.5. The van der Waals surface area contributed by atoms with Gasteiger partial charge in [-0.25, -0.2) is 0 Å². The smallest absolute Gasteiger partial charge is 0.234 e. The highest BCUT2D eigenvalue weighted by molar-refractivity contribution is 6.30. The molecule has 2 aromatic rings. The van der Waals surface area contributed by atoms with Gasteiger partial charge in [-0.05, 0) is 54.3 Å². The average Bonchev–Trinajstić information content (AvgIpc) is 2.63. The number of aromatic hydroxyl groups is 1. The number of amides is 1. The number of carbonyl (C=O) groups is 1. The fraction of sp³-hybridized carbons (Fsp3) is 0.286. The minimum Gasteiger partial charge on any atom is -0.508 e. The second-order valence-electron chi connectivity index (χ2n) is 6.60. The van der Waals surface area contributed by atoms with E-state index in [2.05, 4.69) is 16.3 Å². The van der Waals surface area contributed by atoms with E-state index in [4.69, 9.17) is 11.6 Å². The Morgan fingerprint density at radius 1 is 1.19 bits per heavy atom. The summed E-state index contributed by atoms with van der Waals surface area (Å²) in [5.41, 5.74) is 3.43. The number of hydrogen-bond acceptors (Lipinski definition) is 3. The lowest BCUT2D eigenvalue weighted by molar-refractivity contribution is -0.122. The maximum absolute atomic E-state index is 12.3. The van der Waals surface area contributed by atoms with Gasteiger partial charge in [0.15, 0.2) is 0 Å². The van der Waals surface area contributed by atoms with Crippen molar-refractivity contribution in [3.63, 3.8) is 0 Å². The van der Waals surface area contributed by atoms with Crippen LogP contribution in [0.2, 0.25) is 5.02 Å². The van der Waals surface area contributed by atoms with Crippen LogP contribution in [0.15, 0.2) is 54.6 Å². The number of halogens is 1. The number of nitrogens with one attached hydrogen (secondary N) is 1. The molecule has 5 heteroatoms. The highest BCUT2D eigenvalue weighted by Crippen LogP contribution is 2.24. The molecule has 1 aliphatic heterocycles. The maximum atomic E-state index is 12.3. The molecule has 2 N–H and O–H groups in total. The number of rotatable bonds is 5. The summed E-state index contributed by atoms with van der Waals surface area (Å²) in [5, 5.41) is 13.1. The molecule has 0 aliphatic carbocycles. The molecule has 136 valence electrons. The van der Waals surface area contributed by atoms with Crippen LogP contribution in [0.4, 0.5) is 0 Å². The molecule has 1 atom stereocenters. The Morgan fingerprint density at radius 2 is 1.88 bits per heavy atom. The maximum Gasteiger partial charge on any atom is 0.234 e. The lowest BCUT2D eigenvalue weighted by atomic mass is 9.99. The van der Waals surface area contributed by atoms with Gasteiger partial charge < -0.3 is 10.4 Å². The Balaban J connectivity index is 1.51. The van der Waals surface area contributed by atoms with Crippen molar-refractivity contribution in [3.05, 3.63) is 70.8 Å². The van der Waals surface area contributed by atoms with Crippen LogP contribution in [-0.2, 0) is 4.79 Å². The van der Waals surface area contributed by atoms with Crippen LogP contribution >= 0.6 is 11.6 Å². The van der Waals surface area contributed by atoms with E-state index in [0.29, 0.717) is 11.6 Å². The Bertz CT molecular complexity index is 785. The zero-order chi connectivity index (χ0) is 18.5. The third kappa shape index (κ3) is 4.87. The predicted octanol–water partition coefficient (Wildman–Crippen LogP) is 4.01. The second-order valence-corrected chi connectivity index (χ2v) is 7.04. The molecule has 26 heavy (non-hydrogen) atoms. The summed E-state index contributed by atoms with van der Waals surface area (Å²) < 4.78 is 0. The van der Waals surface area contributed by atoms with Crippen LogP contribution in [0.25, 0.3) is 5.57 Å². The van der Waals surface area contributed by atoms with E-state index in [1.807, 2.05) is 43.3 Å². The van der Waals surface area contributed by atoms with E-state index < -0.39 is 0 Å². The molecule has 1 heterocycles. The van der Waals surface area contributed by atoms with Crippen molar-refractivity contribution in [2.75, 3.05) is 19.6 Å². The second kappa shape index (κ2) is 8.39. The topological polar surface area (TPSA) is 52.6 Å². The molecule has 2 aromatic carbocycles. The Kier molecular flexibility index (Phi) is 5.96. The number of benzene rings is 2. The monoisotopic (exact) mass is 370 g/mol. The molecule has 3 rings (SSSR count). The molecule has 0 spiro atoms. The average molecular weight is 371 g/mol. The summed E-state index contributed by atoms with van der Waals surface area (Å²) >= 11 is 5.90. The first-order valence-corrected chi connectivity index (χ1v) is 9.14. The van der Waals surface area contributed by atoms with Crippen LogP contribution in [0.1, 0.15) is 30.5 Å². The molecule has 0 saturated carbocycles. The normalized spacial score (nSPS) is 16.0. The quantitative estimate of drug-likeness (QED) is 0.836. The van der Waals surface area contributed by atoms with Gasteiger partial charge in [-0.2, -0.15) is 0 Å². The van der Waals surface area contributed by atoms with Gasteiger partial charge in [0.1, 0.15) is 5.75 Å². The molecule has 0 saturated heterocycles. The van der Waals surface area contributed by atoms with Gasteiger partial charge >= 0.3 is 0 Å². The third-order valence-electron chi connectivity index (χ3n) is 4.65. The molecule has 0 aromatic heterocycles. The minimum atomic E-state index is -0.0485. The van der Waals surface area contributed by atoms with Crippen molar-refractivity contribution in [2.45, 2.75) is 19.4 Å². The molecular formula is C21H23ClN2O2. The van der Waals surface area contributed by atoms with E-state index >= 15 is 0 Å². The van der Waals surface area contributed by atoms with Gasteiger partial charge in [0.2, 0.25) is 5.91 Å². The highest BCUT2D eigenvalue weighted by Gasteiger charge is 2.17. The molecule has 4 nitrogen and oxygen atoms in total. The first kappa shape index (κ1) is 18.5. The van der Waals surface area contributed by atoms with Crippen molar-refractivity contribution in [1.29, 1.82) is 0 Å². The third-order valence-corrected chi connectivity index (χ3v) is 4.90. The van der Waals surface area contributed by atoms with Crippen molar-refractivity contribution in [3.8, 4) is 5.75 Å². The number of carbonyl (C=O) groups excluding carboxylic acids is 1. The summed E-state index contributed by atoms with van der Waals surface area (Å²) in [4.78, 5) is 14.5. The summed E-state index contributed by atoms with van der Waals surface area (Å²) in [6.07, 6.45) is 3.05. The van der Waals surface area contributed by atoms with Gasteiger partial charge in [0.25, 0.3) is 0 Å². The lowest BCUT2D eigenvalue weighted by Gasteiger charge is -2.26. The number of phenolic OH excluding ortho intramolecular Hbond substituents is 1.